The normalized spacial score (nSPS) is 12.9. The number of benzene rings is 1. The van der Waals surface area contributed by atoms with Crippen molar-refractivity contribution < 1.29 is 31.6 Å². The van der Waals surface area contributed by atoms with Gasteiger partial charge in [-0.15, -0.1) is 0 Å². The van der Waals surface area contributed by atoms with E-state index in [2.05, 4.69) is 42.2 Å². The van der Waals surface area contributed by atoms with E-state index in [0.717, 1.165) is 21.8 Å². The molecule has 0 amide bonds. The van der Waals surface area contributed by atoms with Gasteiger partial charge >= 0.3 is 13.2 Å². The molecule has 1 aromatic carbocycles. The Morgan fingerprint density at radius 2 is 1.48 bits per heavy atom. The van der Waals surface area contributed by atoms with Crippen LogP contribution in [0.5, 0.6) is 11.5 Å². The van der Waals surface area contributed by atoms with Crippen molar-refractivity contribution in [3.8, 4) is 11.5 Å². The molecule has 0 N–H and O–H groups in total. The highest BCUT2D eigenvalue weighted by Crippen LogP contribution is 2.46. The van der Waals surface area contributed by atoms with Crippen LogP contribution in [0.25, 0.3) is 0 Å². The second-order valence-electron chi connectivity index (χ2n) is 11.0. The zero-order valence-corrected chi connectivity index (χ0v) is 24.9. The lowest BCUT2D eigenvalue weighted by atomic mass is 9.77. The summed E-state index contributed by atoms with van der Waals surface area (Å²) >= 11 is 1.64. The molecule has 4 aromatic rings. The number of aryl methyl sites for hydroxylation is 1. The minimum Gasteiger partial charge on any atom is -0.431 e. The number of alkyl halides is 4. The zero-order valence-electron chi connectivity index (χ0n) is 24.1. The third kappa shape index (κ3) is 7.59. The molecule has 0 saturated heterocycles. The summed E-state index contributed by atoms with van der Waals surface area (Å²) < 4.78 is 62.8. The lowest BCUT2D eigenvalue weighted by Crippen LogP contribution is -2.40. The first-order valence-electron chi connectivity index (χ1n) is 13.4. The number of hydrogen-bond acceptors (Lipinski definition) is 5. The van der Waals surface area contributed by atoms with Crippen molar-refractivity contribution in [2.75, 3.05) is 0 Å². The maximum absolute atomic E-state index is 13.2. The minimum absolute atomic E-state index is 0.267. The standard InChI is InChI=1S/C32H34F4N3O2S/c1-31(2,27-8-6-7-15-37-27)32(3,4)42-28-12-10-23(20-38-28)24(18-21-13-16-39(5)17-14-21)22-9-11-25(40-29(33)34)26(19-22)41-30(35)36/h6-17,19-20,24,29-30H,18H2,1-5H3/q+1. The number of thioether (sulfide) groups is 1. The Bertz CT molecular complexity index is 1450. The van der Waals surface area contributed by atoms with Crippen LogP contribution in [0.4, 0.5) is 17.6 Å². The largest absolute Gasteiger partial charge is 0.431 e. The molecule has 0 fully saturated rings. The van der Waals surface area contributed by atoms with Crippen molar-refractivity contribution in [2.45, 2.75) is 68.4 Å². The molecule has 222 valence electrons. The second kappa shape index (κ2) is 13.1. The van der Waals surface area contributed by atoms with Crippen molar-refractivity contribution in [3.63, 3.8) is 0 Å². The van der Waals surface area contributed by atoms with Crippen LogP contribution in [0.3, 0.4) is 0 Å². The van der Waals surface area contributed by atoms with E-state index < -0.39 is 24.7 Å². The Balaban J connectivity index is 1.67. The predicted molar refractivity (Wildman–Crippen MR) is 154 cm³/mol. The van der Waals surface area contributed by atoms with E-state index >= 15 is 0 Å². The average molecular weight is 601 g/mol. The molecule has 1 unspecified atom stereocenters. The third-order valence-electron chi connectivity index (χ3n) is 7.62. The van der Waals surface area contributed by atoms with Crippen LogP contribution in [0.1, 0.15) is 56.0 Å². The summed E-state index contributed by atoms with van der Waals surface area (Å²) in [5.74, 6) is -1.24. The molecule has 0 bridgehead atoms. The van der Waals surface area contributed by atoms with E-state index in [1.807, 2.05) is 66.5 Å². The van der Waals surface area contributed by atoms with Gasteiger partial charge in [-0.2, -0.15) is 17.6 Å². The van der Waals surface area contributed by atoms with Crippen LogP contribution in [0.15, 0.2) is 90.5 Å². The first-order chi connectivity index (χ1) is 19.9. The summed E-state index contributed by atoms with van der Waals surface area (Å²) in [4.78, 5) is 9.34. The van der Waals surface area contributed by atoms with Gasteiger partial charge in [0.05, 0.1) is 5.03 Å². The molecule has 0 saturated carbocycles. The highest BCUT2D eigenvalue weighted by atomic mass is 32.2. The van der Waals surface area contributed by atoms with E-state index in [1.54, 1.807) is 30.2 Å². The lowest BCUT2D eigenvalue weighted by molar-refractivity contribution is -0.671. The van der Waals surface area contributed by atoms with Crippen molar-refractivity contribution in [2.24, 2.45) is 7.05 Å². The van der Waals surface area contributed by atoms with Crippen molar-refractivity contribution in [3.05, 3.63) is 108 Å². The molecule has 0 radical (unpaired) electrons. The van der Waals surface area contributed by atoms with E-state index in [1.165, 1.54) is 12.1 Å². The first kappa shape index (κ1) is 31.3. The summed E-state index contributed by atoms with van der Waals surface area (Å²) in [6, 6.07) is 17.9. The molecule has 1 atom stereocenters. The fraction of sp³-hybridized carbons (Fsp3) is 0.344. The summed E-state index contributed by atoms with van der Waals surface area (Å²) in [5.41, 5.74) is 3.14. The lowest BCUT2D eigenvalue weighted by Gasteiger charge is -2.40. The van der Waals surface area contributed by atoms with Gasteiger partial charge in [-0.1, -0.05) is 43.8 Å². The van der Waals surface area contributed by atoms with Gasteiger partial charge in [0.25, 0.3) is 0 Å². The van der Waals surface area contributed by atoms with E-state index in [0.29, 0.717) is 12.0 Å². The van der Waals surface area contributed by atoms with E-state index in [-0.39, 0.29) is 16.1 Å². The van der Waals surface area contributed by atoms with Gasteiger partial charge in [0, 0.05) is 46.3 Å². The maximum atomic E-state index is 13.2. The van der Waals surface area contributed by atoms with Crippen molar-refractivity contribution in [1.29, 1.82) is 0 Å². The fourth-order valence-electron chi connectivity index (χ4n) is 4.54. The number of rotatable bonds is 12. The van der Waals surface area contributed by atoms with Crippen LogP contribution in [-0.2, 0) is 18.9 Å². The maximum Gasteiger partial charge on any atom is 0.387 e. The van der Waals surface area contributed by atoms with E-state index in [4.69, 9.17) is 4.98 Å². The summed E-state index contributed by atoms with van der Waals surface area (Å²) in [5, 5.41) is 0.820. The molecule has 10 heteroatoms. The van der Waals surface area contributed by atoms with Gasteiger partial charge in [0.2, 0.25) is 0 Å². The Labute approximate surface area is 247 Å². The molecular weight excluding hydrogens is 566 g/mol. The molecular formula is C32H34F4N3O2S+. The van der Waals surface area contributed by atoms with Crippen LogP contribution in [0.2, 0.25) is 0 Å². The first-order valence-corrected chi connectivity index (χ1v) is 14.2. The Hall–Kier alpha value is -3.66. The molecule has 3 heterocycles. The van der Waals surface area contributed by atoms with Gasteiger partial charge in [0.1, 0.15) is 7.05 Å². The average Bonchev–Trinajstić information content (AvgIpc) is 2.94. The molecule has 4 rings (SSSR count). The highest BCUT2D eigenvalue weighted by Gasteiger charge is 2.40. The highest BCUT2D eigenvalue weighted by molar-refractivity contribution is 8.00. The predicted octanol–water partition coefficient (Wildman–Crippen LogP) is 7.73. The molecule has 0 aliphatic carbocycles. The van der Waals surface area contributed by atoms with Crippen LogP contribution in [-0.4, -0.2) is 27.9 Å². The number of halogens is 4. The quantitative estimate of drug-likeness (QED) is 0.0947. The van der Waals surface area contributed by atoms with E-state index in [9.17, 15) is 17.6 Å². The monoisotopic (exact) mass is 600 g/mol. The number of aromatic nitrogens is 3. The van der Waals surface area contributed by atoms with Gasteiger partial charge in [-0.25, -0.2) is 9.55 Å². The van der Waals surface area contributed by atoms with Gasteiger partial charge in [-0.3, -0.25) is 4.98 Å². The molecule has 0 spiro atoms. The summed E-state index contributed by atoms with van der Waals surface area (Å²) in [6.07, 6.45) is 7.91. The van der Waals surface area contributed by atoms with Crippen LogP contribution in [0, 0.1) is 0 Å². The van der Waals surface area contributed by atoms with Crippen molar-refractivity contribution >= 4 is 11.8 Å². The number of ether oxygens (including phenoxy) is 2. The summed E-state index contributed by atoms with van der Waals surface area (Å²) in [6.45, 7) is 2.25. The topological polar surface area (TPSA) is 48.1 Å². The third-order valence-corrected chi connectivity index (χ3v) is 9.09. The Kier molecular flexibility index (Phi) is 9.76. The Morgan fingerprint density at radius 3 is 2.07 bits per heavy atom. The molecule has 3 aromatic heterocycles. The van der Waals surface area contributed by atoms with Crippen LogP contribution < -0.4 is 14.0 Å². The van der Waals surface area contributed by atoms with Gasteiger partial charge in [-0.05, 0) is 67.3 Å². The van der Waals surface area contributed by atoms with Crippen molar-refractivity contribution in [1.82, 2.24) is 9.97 Å². The van der Waals surface area contributed by atoms with Crippen LogP contribution >= 0.6 is 11.8 Å². The Morgan fingerprint density at radius 1 is 0.810 bits per heavy atom. The fourth-order valence-corrected chi connectivity index (χ4v) is 5.67. The summed E-state index contributed by atoms with van der Waals surface area (Å²) in [7, 11) is 1.91. The number of hydrogen-bond donors (Lipinski definition) is 0. The molecule has 5 nitrogen and oxygen atoms in total. The molecule has 0 aliphatic rings. The molecule has 42 heavy (non-hydrogen) atoms. The second-order valence-corrected chi connectivity index (χ2v) is 12.6. The number of pyridine rings is 3. The minimum atomic E-state index is -3.20. The molecule has 0 aliphatic heterocycles. The smallest absolute Gasteiger partial charge is 0.387 e. The SMILES string of the molecule is C[n+]1ccc(CC(c2ccc(SC(C)(C)C(C)(C)c3ccccn3)nc2)c2ccc(OC(F)F)c(OC(F)F)c2)cc1. The number of nitrogens with zero attached hydrogens (tertiary/aromatic N) is 3. The van der Waals surface area contributed by atoms with Gasteiger partial charge in [0.15, 0.2) is 23.9 Å². The zero-order chi connectivity index (χ0) is 30.5. The van der Waals surface area contributed by atoms with Gasteiger partial charge < -0.3 is 9.47 Å².